The smallest absolute Gasteiger partial charge is 0.243 e. The molecule has 0 amide bonds. The van der Waals surface area contributed by atoms with E-state index in [0.29, 0.717) is 49.6 Å². The summed E-state index contributed by atoms with van der Waals surface area (Å²) in [6, 6.07) is 9.28. The SMILES string of the molecule is Cc1ccc(S(=O)(=O)N2CCOCC2)cc1NCc1ccc(C2CC2C)o1. The van der Waals surface area contributed by atoms with Crippen molar-refractivity contribution in [1.82, 2.24) is 4.31 Å². The van der Waals surface area contributed by atoms with Gasteiger partial charge in [-0.2, -0.15) is 4.31 Å². The summed E-state index contributed by atoms with van der Waals surface area (Å²) >= 11 is 0. The predicted molar refractivity (Wildman–Crippen MR) is 103 cm³/mol. The Morgan fingerprint density at radius 2 is 1.93 bits per heavy atom. The fourth-order valence-electron chi connectivity index (χ4n) is 3.48. The molecule has 0 radical (unpaired) electrons. The van der Waals surface area contributed by atoms with Crippen LogP contribution in [0.3, 0.4) is 0 Å². The molecule has 2 heterocycles. The van der Waals surface area contributed by atoms with Crippen LogP contribution in [0.25, 0.3) is 0 Å². The van der Waals surface area contributed by atoms with Gasteiger partial charge in [-0.1, -0.05) is 13.0 Å². The van der Waals surface area contributed by atoms with Gasteiger partial charge in [0.25, 0.3) is 0 Å². The van der Waals surface area contributed by atoms with Crippen molar-refractivity contribution in [3.8, 4) is 0 Å². The Kier molecular flexibility index (Phi) is 5.01. The third-order valence-electron chi connectivity index (χ3n) is 5.43. The molecule has 27 heavy (non-hydrogen) atoms. The molecule has 1 N–H and O–H groups in total. The number of aryl methyl sites for hydroxylation is 1. The maximum Gasteiger partial charge on any atom is 0.243 e. The molecule has 1 aromatic carbocycles. The van der Waals surface area contributed by atoms with Crippen LogP contribution in [-0.2, 0) is 21.3 Å². The van der Waals surface area contributed by atoms with Crippen molar-refractivity contribution in [3.05, 3.63) is 47.4 Å². The van der Waals surface area contributed by atoms with Gasteiger partial charge >= 0.3 is 0 Å². The van der Waals surface area contributed by atoms with Gasteiger partial charge in [-0.25, -0.2) is 8.42 Å². The van der Waals surface area contributed by atoms with E-state index < -0.39 is 10.0 Å². The van der Waals surface area contributed by atoms with E-state index in [1.807, 2.05) is 19.1 Å². The number of sulfonamides is 1. The molecule has 146 valence electrons. The summed E-state index contributed by atoms with van der Waals surface area (Å²) < 4.78 is 38.4. The number of nitrogens with zero attached hydrogens (tertiary/aromatic N) is 1. The molecule has 1 aliphatic carbocycles. The lowest BCUT2D eigenvalue weighted by Crippen LogP contribution is -2.40. The second-order valence-electron chi connectivity index (χ2n) is 7.47. The van der Waals surface area contributed by atoms with Gasteiger partial charge in [0.1, 0.15) is 11.5 Å². The Morgan fingerprint density at radius 3 is 2.63 bits per heavy atom. The highest BCUT2D eigenvalue weighted by molar-refractivity contribution is 7.89. The largest absolute Gasteiger partial charge is 0.464 e. The van der Waals surface area contributed by atoms with Crippen molar-refractivity contribution in [2.45, 2.75) is 37.6 Å². The second kappa shape index (κ2) is 7.30. The molecular formula is C20H26N2O4S. The number of rotatable bonds is 6. The maximum absolute atomic E-state index is 12.9. The molecule has 2 aliphatic rings. The van der Waals surface area contributed by atoms with Crippen LogP contribution in [0.2, 0.25) is 0 Å². The van der Waals surface area contributed by atoms with E-state index in [0.717, 1.165) is 22.8 Å². The van der Waals surface area contributed by atoms with Gasteiger partial charge in [-0.15, -0.1) is 0 Å². The van der Waals surface area contributed by atoms with Gasteiger partial charge in [0, 0.05) is 24.7 Å². The molecule has 1 saturated carbocycles. The molecule has 2 unspecified atom stereocenters. The molecule has 1 saturated heterocycles. The van der Waals surface area contributed by atoms with Crippen molar-refractivity contribution in [3.63, 3.8) is 0 Å². The van der Waals surface area contributed by atoms with E-state index in [1.165, 1.54) is 10.7 Å². The normalized spacial score (nSPS) is 23.3. The van der Waals surface area contributed by atoms with E-state index in [2.05, 4.69) is 18.3 Å². The third-order valence-corrected chi connectivity index (χ3v) is 7.32. The zero-order valence-corrected chi connectivity index (χ0v) is 16.6. The first-order valence-electron chi connectivity index (χ1n) is 9.46. The average molecular weight is 391 g/mol. The van der Waals surface area contributed by atoms with Gasteiger partial charge in [-0.05, 0) is 49.1 Å². The quantitative estimate of drug-likeness (QED) is 0.819. The van der Waals surface area contributed by atoms with Crippen LogP contribution in [0.1, 0.15) is 36.3 Å². The third kappa shape index (κ3) is 3.90. The predicted octanol–water partition coefficient (Wildman–Crippen LogP) is 3.34. The van der Waals surface area contributed by atoms with E-state index in [-0.39, 0.29) is 0 Å². The monoisotopic (exact) mass is 390 g/mol. The molecule has 0 bridgehead atoms. The topological polar surface area (TPSA) is 71.8 Å². The Bertz CT molecular complexity index is 916. The van der Waals surface area contributed by atoms with Gasteiger partial charge < -0.3 is 14.5 Å². The minimum absolute atomic E-state index is 0.310. The maximum atomic E-state index is 12.9. The summed E-state index contributed by atoms with van der Waals surface area (Å²) in [5.74, 6) is 3.19. The minimum Gasteiger partial charge on any atom is -0.464 e. The standard InChI is InChI=1S/C20H26N2O4S/c1-14-3-5-17(27(23,24)22-7-9-25-10-8-22)12-19(14)21-13-16-4-6-20(26-16)18-11-15(18)2/h3-6,12,15,18,21H,7-11,13H2,1-2H3. The van der Waals surface area contributed by atoms with Crippen molar-refractivity contribution in [2.24, 2.45) is 5.92 Å². The highest BCUT2D eigenvalue weighted by Gasteiger charge is 2.36. The first-order valence-corrected chi connectivity index (χ1v) is 10.9. The van der Waals surface area contributed by atoms with Gasteiger partial charge in [0.2, 0.25) is 10.0 Å². The molecule has 2 fully saturated rings. The summed E-state index contributed by atoms with van der Waals surface area (Å²) in [4.78, 5) is 0.310. The Hall–Kier alpha value is -1.83. The van der Waals surface area contributed by atoms with E-state index >= 15 is 0 Å². The molecular weight excluding hydrogens is 364 g/mol. The van der Waals surface area contributed by atoms with Crippen molar-refractivity contribution in [2.75, 3.05) is 31.6 Å². The molecule has 2 aromatic rings. The van der Waals surface area contributed by atoms with Crippen LogP contribution < -0.4 is 5.32 Å². The molecule has 6 nitrogen and oxygen atoms in total. The number of anilines is 1. The number of morpholine rings is 1. The van der Waals surface area contributed by atoms with Crippen molar-refractivity contribution in [1.29, 1.82) is 0 Å². The Morgan fingerprint density at radius 1 is 1.19 bits per heavy atom. The van der Waals surface area contributed by atoms with Crippen molar-refractivity contribution < 1.29 is 17.6 Å². The highest BCUT2D eigenvalue weighted by Crippen LogP contribution is 2.47. The lowest BCUT2D eigenvalue weighted by atomic mass is 10.2. The van der Waals surface area contributed by atoms with E-state index in [1.54, 1.807) is 12.1 Å². The number of furan rings is 1. The Labute approximate surface area is 160 Å². The van der Waals surface area contributed by atoms with Crippen LogP contribution in [-0.4, -0.2) is 39.0 Å². The fourth-order valence-corrected chi connectivity index (χ4v) is 4.91. The summed E-state index contributed by atoms with van der Waals surface area (Å²) in [5, 5.41) is 3.33. The molecule has 7 heteroatoms. The summed E-state index contributed by atoms with van der Waals surface area (Å²) in [7, 11) is -3.50. The minimum atomic E-state index is -3.50. The molecule has 1 aliphatic heterocycles. The molecule has 1 aromatic heterocycles. The van der Waals surface area contributed by atoms with Crippen LogP contribution in [0.5, 0.6) is 0 Å². The highest BCUT2D eigenvalue weighted by atomic mass is 32.2. The lowest BCUT2D eigenvalue weighted by molar-refractivity contribution is 0.0730. The van der Waals surface area contributed by atoms with Gasteiger partial charge in [-0.3, -0.25) is 0 Å². The number of hydrogen-bond donors (Lipinski definition) is 1. The van der Waals surface area contributed by atoms with Gasteiger partial charge in [0.05, 0.1) is 24.7 Å². The fraction of sp³-hybridized carbons (Fsp3) is 0.500. The van der Waals surface area contributed by atoms with Crippen LogP contribution >= 0.6 is 0 Å². The number of nitrogens with one attached hydrogen (secondary N) is 1. The molecule has 2 atom stereocenters. The zero-order valence-electron chi connectivity index (χ0n) is 15.8. The molecule has 4 rings (SSSR count). The number of benzene rings is 1. The number of ether oxygens (including phenoxy) is 1. The zero-order chi connectivity index (χ0) is 19.0. The first-order chi connectivity index (χ1) is 12.9. The van der Waals surface area contributed by atoms with Crippen molar-refractivity contribution >= 4 is 15.7 Å². The number of hydrogen-bond acceptors (Lipinski definition) is 5. The van der Waals surface area contributed by atoms with E-state index in [4.69, 9.17) is 9.15 Å². The summed E-state index contributed by atoms with van der Waals surface area (Å²) in [6.45, 7) is 6.40. The van der Waals surface area contributed by atoms with Crippen LogP contribution in [0.4, 0.5) is 5.69 Å². The van der Waals surface area contributed by atoms with Crippen LogP contribution in [0.15, 0.2) is 39.6 Å². The second-order valence-corrected chi connectivity index (χ2v) is 9.41. The Balaban J connectivity index is 1.48. The summed E-state index contributed by atoms with van der Waals surface area (Å²) in [6.07, 6.45) is 1.20. The first kappa shape index (κ1) is 18.5. The average Bonchev–Trinajstić information content (AvgIpc) is 3.22. The lowest BCUT2D eigenvalue weighted by Gasteiger charge is -2.26. The van der Waals surface area contributed by atoms with Crippen LogP contribution in [0, 0.1) is 12.8 Å². The molecule has 0 spiro atoms. The summed E-state index contributed by atoms with van der Waals surface area (Å²) in [5.41, 5.74) is 1.81. The van der Waals surface area contributed by atoms with Gasteiger partial charge in [0.15, 0.2) is 0 Å². The van der Waals surface area contributed by atoms with E-state index in [9.17, 15) is 8.42 Å².